The second kappa shape index (κ2) is 7.40. The van der Waals surface area contributed by atoms with Gasteiger partial charge >= 0.3 is 0 Å². The SMILES string of the molecule is CCC1c2ccsc2CCN1C(=O)Cn1c(-c2cccc(C)c2)n[nH]c1=S. The lowest BCUT2D eigenvalue weighted by Crippen LogP contribution is -2.41. The second-order valence-electron chi connectivity index (χ2n) is 6.87. The smallest absolute Gasteiger partial charge is 0.243 e. The summed E-state index contributed by atoms with van der Waals surface area (Å²) in [6.45, 7) is 5.14. The van der Waals surface area contributed by atoms with Crippen molar-refractivity contribution in [2.45, 2.75) is 39.3 Å². The number of hydrogen-bond donors (Lipinski definition) is 1. The third-order valence-corrected chi connectivity index (χ3v) is 6.44. The maximum atomic E-state index is 13.2. The van der Waals surface area contributed by atoms with Gasteiger partial charge in [0.25, 0.3) is 0 Å². The van der Waals surface area contributed by atoms with E-state index in [1.54, 1.807) is 11.3 Å². The Morgan fingerprint density at radius 3 is 3.04 bits per heavy atom. The highest BCUT2D eigenvalue weighted by Gasteiger charge is 2.30. The Kier molecular flexibility index (Phi) is 4.97. The minimum absolute atomic E-state index is 0.0881. The largest absolute Gasteiger partial charge is 0.334 e. The standard InChI is InChI=1S/C20H22N4OS2/c1-3-16-15-8-10-27-17(15)7-9-23(16)18(25)12-24-19(21-22-20(24)26)14-6-4-5-13(2)11-14/h4-6,8,10-11,16H,3,7,9,12H2,1-2H3,(H,22,26). The molecule has 1 aliphatic heterocycles. The van der Waals surface area contributed by atoms with Crippen LogP contribution in [0.2, 0.25) is 0 Å². The molecule has 0 saturated heterocycles. The topological polar surface area (TPSA) is 53.9 Å². The first-order valence-electron chi connectivity index (χ1n) is 9.16. The highest BCUT2D eigenvalue weighted by atomic mass is 32.1. The van der Waals surface area contributed by atoms with Crippen molar-refractivity contribution in [3.8, 4) is 11.4 Å². The number of aromatic nitrogens is 3. The molecular weight excluding hydrogens is 376 g/mol. The highest BCUT2D eigenvalue weighted by Crippen LogP contribution is 2.35. The molecule has 4 rings (SSSR count). The van der Waals surface area contributed by atoms with E-state index in [0.717, 1.165) is 30.5 Å². The Bertz CT molecular complexity index is 1030. The Balaban J connectivity index is 1.63. The van der Waals surface area contributed by atoms with Crippen LogP contribution in [0.3, 0.4) is 0 Å². The molecule has 0 aliphatic carbocycles. The number of thiophene rings is 1. The number of nitrogens with zero attached hydrogens (tertiary/aromatic N) is 3. The van der Waals surface area contributed by atoms with Gasteiger partial charge < -0.3 is 4.90 Å². The summed E-state index contributed by atoms with van der Waals surface area (Å²) in [6.07, 6.45) is 1.84. The summed E-state index contributed by atoms with van der Waals surface area (Å²) in [5, 5.41) is 9.34. The summed E-state index contributed by atoms with van der Waals surface area (Å²) in [5.74, 6) is 0.795. The fourth-order valence-corrected chi connectivity index (χ4v) is 4.96. The van der Waals surface area contributed by atoms with E-state index < -0.39 is 0 Å². The normalized spacial score (nSPS) is 16.4. The Hall–Kier alpha value is -2.25. The Labute approximate surface area is 167 Å². The van der Waals surface area contributed by atoms with E-state index in [1.165, 1.54) is 10.4 Å². The average molecular weight is 399 g/mol. The highest BCUT2D eigenvalue weighted by molar-refractivity contribution is 7.71. The molecule has 1 atom stereocenters. The van der Waals surface area contributed by atoms with Gasteiger partial charge in [-0.3, -0.25) is 14.5 Å². The van der Waals surface area contributed by atoms with Gasteiger partial charge in [0.2, 0.25) is 5.91 Å². The zero-order chi connectivity index (χ0) is 19.0. The van der Waals surface area contributed by atoms with Crippen molar-refractivity contribution in [2.75, 3.05) is 6.54 Å². The monoisotopic (exact) mass is 398 g/mol. The fourth-order valence-electron chi connectivity index (χ4n) is 3.83. The first-order chi connectivity index (χ1) is 13.1. The molecule has 3 aromatic rings. The molecule has 1 unspecified atom stereocenters. The van der Waals surface area contributed by atoms with Gasteiger partial charge in [-0.1, -0.05) is 30.7 Å². The molecule has 0 radical (unpaired) electrons. The molecule has 0 fully saturated rings. The lowest BCUT2D eigenvalue weighted by molar-refractivity contribution is -0.134. The third-order valence-electron chi connectivity index (χ3n) is 5.13. The first kappa shape index (κ1) is 18.1. The van der Waals surface area contributed by atoms with E-state index in [0.29, 0.717) is 10.6 Å². The molecule has 1 aromatic carbocycles. The van der Waals surface area contributed by atoms with Crippen LogP contribution in [0, 0.1) is 11.7 Å². The maximum absolute atomic E-state index is 13.2. The Morgan fingerprint density at radius 2 is 2.26 bits per heavy atom. The van der Waals surface area contributed by atoms with Crippen molar-refractivity contribution >= 4 is 29.5 Å². The average Bonchev–Trinajstić information content (AvgIpc) is 3.28. The van der Waals surface area contributed by atoms with E-state index >= 15 is 0 Å². The molecule has 1 amide bonds. The number of carbonyl (C=O) groups excluding carboxylic acids is 1. The fraction of sp³-hybridized carbons (Fsp3) is 0.350. The summed E-state index contributed by atoms with van der Waals surface area (Å²) in [4.78, 5) is 16.6. The van der Waals surface area contributed by atoms with Crippen molar-refractivity contribution < 1.29 is 4.79 Å². The molecular formula is C20H22N4OS2. The molecule has 1 aliphatic rings. The van der Waals surface area contributed by atoms with E-state index in [-0.39, 0.29) is 18.5 Å². The lowest BCUT2D eigenvalue weighted by atomic mass is 9.98. The van der Waals surface area contributed by atoms with Crippen molar-refractivity contribution in [3.63, 3.8) is 0 Å². The number of nitrogens with one attached hydrogen (secondary N) is 1. The molecule has 2 aromatic heterocycles. The van der Waals surface area contributed by atoms with Gasteiger partial charge in [0.1, 0.15) is 6.54 Å². The van der Waals surface area contributed by atoms with Gasteiger partial charge in [-0.15, -0.1) is 11.3 Å². The minimum atomic E-state index is 0.0881. The number of amides is 1. The predicted molar refractivity (Wildman–Crippen MR) is 110 cm³/mol. The number of aromatic amines is 1. The summed E-state index contributed by atoms with van der Waals surface area (Å²) in [6, 6.07) is 10.4. The Morgan fingerprint density at radius 1 is 1.41 bits per heavy atom. The van der Waals surface area contributed by atoms with Crippen LogP contribution in [0.5, 0.6) is 0 Å². The number of benzene rings is 1. The second-order valence-corrected chi connectivity index (χ2v) is 8.26. The van der Waals surface area contributed by atoms with Gasteiger partial charge in [-0.25, -0.2) is 0 Å². The molecule has 7 heteroatoms. The number of fused-ring (bicyclic) bond motifs is 1. The third kappa shape index (κ3) is 3.37. The molecule has 27 heavy (non-hydrogen) atoms. The van der Waals surface area contributed by atoms with Gasteiger partial charge in [0.15, 0.2) is 10.6 Å². The number of rotatable bonds is 4. The van der Waals surface area contributed by atoms with Crippen molar-refractivity contribution in [2.24, 2.45) is 0 Å². The zero-order valence-electron chi connectivity index (χ0n) is 15.4. The molecule has 0 spiro atoms. The van der Waals surface area contributed by atoms with Gasteiger partial charge in [-0.05, 0) is 55.1 Å². The number of H-pyrrole nitrogens is 1. The van der Waals surface area contributed by atoms with Crippen LogP contribution >= 0.6 is 23.6 Å². The van der Waals surface area contributed by atoms with Gasteiger partial charge in [-0.2, -0.15) is 5.10 Å². The van der Waals surface area contributed by atoms with Crippen molar-refractivity contribution in [3.05, 3.63) is 56.5 Å². The van der Waals surface area contributed by atoms with Crippen LogP contribution in [0.15, 0.2) is 35.7 Å². The molecule has 5 nitrogen and oxygen atoms in total. The van der Waals surface area contributed by atoms with Crippen LogP contribution in [-0.2, 0) is 17.8 Å². The van der Waals surface area contributed by atoms with Crippen LogP contribution < -0.4 is 0 Å². The van der Waals surface area contributed by atoms with Crippen molar-refractivity contribution in [1.82, 2.24) is 19.7 Å². The number of hydrogen-bond acceptors (Lipinski definition) is 4. The van der Waals surface area contributed by atoms with E-state index in [4.69, 9.17) is 12.2 Å². The maximum Gasteiger partial charge on any atom is 0.243 e. The van der Waals surface area contributed by atoms with E-state index in [1.807, 2.05) is 34.6 Å². The summed E-state index contributed by atoms with van der Waals surface area (Å²) < 4.78 is 2.28. The van der Waals surface area contributed by atoms with Crippen LogP contribution in [0.1, 0.15) is 35.4 Å². The number of aryl methyl sites for hydroxylation is 1. The van der Waals surface area contributed by atoms with E-state index in [2.05, 4.69) is 34.6 Å². The zero-order valence-corrected chi connectivity index (χ0v) is 17.1. The molecule has 0 bridgehead atoms. The first-order valence-corrected chi connectivity index (χ1v) is 10.4. The lowest BCUT2D eigenvalue weighted by Gasteiger charge is -2.35. The number of carbonyl (C=O) groups is 1. The summed E-state index contributed by atoms with van der Waals surface area (Å²) >= 11 is 7.20. The van der Waals surface area contributed by atoms with Crippen LogP contribution in [0.4, 0.5) is 0 Å². The molecule has 3 heterocycles. The van der Waals surface area contributed by atoms with Crippen LogP contribution in [-0.4, -0.2) is 32.1 Å². The van der Waals surface area contributed by atoms with Gasteiger partial charge in [0, 0.05) is 17.0 Å². The summed E-state index contributed by atoms with van der Waals surface area (Å²) in [7, 11) is 0. The predicted octanol–water partition coefficient (Wildman–Crippen LogP) is 4.51. The van der Waals surface area contributed by atoms with Crippen LogP contribution in [0.25, 0.3) is 11.4 Å². The van der Waals surface area contributed by atoms with E-state index in [9.17, 15) is 4.79 Å². The van der Waals surface area contributed by atoms with Gasteiger partial charge in [0.05, 0.1) is 6.04 Å². The quantitative estimate of drug-likeness (QED) is 0.658. The molecule has 1 N–H and O–H groups in total. The minimum Gasteiger partial charge on any atom is -0.334 e. The van der Waals surface area contributed by atoms with Crippen molar-refractivity contribution in [1.29, 1.82) is 0 Å². The molecule has 140 valence electrons. The summed E-state index contributed by atoms with van der Waals surface area (Å²) in [5.41, 5.74) is 3.41. The molecule has 0 saturated carbocycles.